The van der Waals surface area contributed by atoms with Gasteiger partial charge in [-0.1, -0.05) is 12.1 Å². The standard InChI is InChI=1S/C22H19N3O7/c1-3-31-22(27)15-6-4-5-14(11-15)19-10-8-17(32-19)13-23-24-21(26)18-12-16(25(28)29)7-9-20(18)30-2/h4-13H,3H2,1-2H3,(H,24,26)/b23-13-. The summed E-state index contributed by atoms with van der Waals surface area (Å²) in [4.78, 5) is 34.6. The fourth-order valence-electron chi connectivity index (χ4n) is 2.79. The van der Waals surface area contributed by atoms with E-state index in [9.17, 15) is 19.7 Å². The second-order valence-electron chi connectivity index (χ2n) is 6.34. The van der Waals surface area contributed by atoms with Gasteiger partial charge in [0, 0.05) is 17.7 Å². The second kappa shape index (κ2) is 10.0. The number of nitrogens with one attached hydrogen (secondary N) is 1. The highest BCUT2D eigenvalue weighted by molar-refractivity contribution is 5.98. The number of nitro benzene ring substituents is 1. The van der Waals surface area contributed by atoms with Crippen molar-refractivity contribution in [3.8, 4) is 17.1 Å². The molecule has 1 heterocycles. The smallest absolute Gasteiger partial charge is 0.338 e. The molecule has 0 atom stereocenters. The Bertz CT molecular complexity index is 1180. The van der Waals surface area contributed by atoms with Crippen LogP contribution >= 0.6 is 0 Å². The van der Waals surface area contributed by atoms with E-state index in [1.807, 2.05) is 0 Å². The monoisotopic (exact) mass is 437 g/mol. The van der Waals surface area contributed by atoms with Crippen LogP contribution in [0.5, 0.6) is 5.75 Å². The van der Waals surface area contributed by atoms with E-state index >= 15 is 0 Å². The molecule has 0 spiro atoms. The molecule has 0 unspecified atom stereocenters. The van der Waals surface area contributed by atoms with Crippen LogP contribution in [-0.4, -0.2) is 36.7 Å². The number of nitro groups is 1. The van der Waals surface area contributed by atoms with E-state index in [1.54, 1.807) is 43.3 Å². The molecule has 0 saturated heterocycles. The number of amides is 1. The number of rotatable bonds is 8. The summed E-state index contributed by atoms with van der Waals surface area (Å²) in [5.74, 6) is -0.111. The van der Waals surface area contributed by atoms with E-state index in [2.05, 4.69) is 10.5 Å². The number of ether oxygens (including phenoxy) is 2. The number of esters is 1. The highest BCUT2D eigenvalue weighted by Gasteiger charge is 2.17. The van der Waals surface area contributed by atoms with Crippen LogP contribution in [0.1, 0.15) is 33.4 Å². The van der Waals surface area contributed by atoms with E-state index in [-0.39, 0.29) is 23.6 Å². The van der Waals surface area contributed by atoms with Crippen LogP contribution in [0.25, 0.3) is 11.3 Å². The lowest BCUT2D eigenvalue weighted by Crippen LogP contribution is -2.18. The fraction of sp³-hybridized carbons (Fsp3) is 0.136. The Balaban J connectivity index is 1.71. The molecule has 0 saturated carbocycles. The Morgan fingerprint density at radius 2 is 2.00 bits per heavy atom. The molecule has 2 aromatic carbocycles. The summed E-state index contributed by atoms with van der Waals surface area (Å²) in [6.07, 6.45) is 1.28. The van der Waals surface area contributed by atoms with Crippen molar-refractivity contribution in [2.24, 2.45) is 5.10 Å². The van der Waals surface area contributed by atoms with Crippen molar-refractivity contribution in [2.75, 3.05) is 13.7 Å². The lowest BCUT2D eigenvalue weighted by Gasteiger charge is -2.06. The number of benzene rings is 2. The lowest BCUT2D eigenvalue weighted by molar-refractivity contribution is -0.384. The minimum Gasteiger partial charge on any atom is -0.496 e. The van der Waals surface area contributed by atoms with Crippen LogP contribution in [-0.2, 0) is 4.74 Å². The summed E-state index contributed by atoms with van der Waals surface area (Å²) in [5.41, 5.74) is 3.06. The molecular weight excluding hydrogens is 418 g/mol. The van der Waals surface area contributed by atoms with Gasteiger partial charge in [-0.3, -0.25) is 14.9 Å². The van der Waals surface area contributed by atoms with Gasteiger partial charge in [0.15, 0.2) is 0 Å². The summed E-state index contributed by atoms with van der Waals surface area (Å²) < 4.78 is 15.7. The number of furan rings is 1. The number of methoxy groups -OCH3 is 1. The van der Waals surface area contributed by atoms with Crippen molar-refractivity contribution in [3.05, 3.63) is 81.6 Å². The Morgan fingerprint density at radius 3 is 2.72 bits per heavy atom. The minimum absolute atomic E-state index is 0.0326. The largest absolute Gasteiger partial charge is 0.496 e. The van der Waals surface area contributed by atoms with Crippen molar-refractivity contribution in [2.45, 2.75) is 6.92 Å². The Labute approximate surface area is 182 Å². The molecule has 3 rings (SSSR count). The van der Waals surface area contributed by atoms with Gasteiger partial charge in [0.2, 0.25) is 0 Å². The highest BCUT2D eigenvalue weighted by Crippen LogP contribution is 2.24. The summed E-state index contributed by atoms with van der Waals surface area (Å²) in [5, 5.41) is 14.8. The number of non-ortho nitro benzene ring substituents is 1. The quantitative estimate of drug-likeness (QED) is 0.245. The first-order chi connectivity index (χ1) is 15.4. The summed E-state index contributed by atoms with van der Waals surface area (Å²) >= 11 is 0. The van der Waals surface area contributed by atoms with Gasteiger partial charge in [0.25, 0.3) is 11.6 Å². The minimum atomic E-state index is -0.685. The third kappa shape index (κ3) is 5.17. The maximum absolute atomic E-state index is 12.4. The molecule has 0 aliphatic carbocycles. The first-order valence-corrected chi connectivity index (χ1v) is 9.46. The summed E-state index contributed by atoms with van der Waals surface area (Å²) in [6.45, 7) is 2.01. The Hall–Kier alpha value is -4.47. The van der Waals surface area contributed by atoms with Crippen molar-refractivity contribution in [3.63, 3.8) is 0 Å². The van der Waals surface area contributed by atoms with Crippen LogP contribution in [0, 0.1) is 10.1 Å². The van der Waals surface area contributed by atoms with Crippen molar-refractivity contribution < 1.29 is 28.4 Å². The van der Waals surface area contributed by atoms with Gasteiger partial charge in [0.05, 0.1) is 36.0 Å². The topological polar surface area (TPSA) is 133 Å². The van der Waals surface area contributed by atoms with Crippen LogP contribution < -0.4 is 10.2 Å². The van der Waals surface area contributed by atoms with Crippen LogP contribution in [0.4, 0.5) is 5.69 Å². The normalized spacial score (nSPS) is 10.7. The van der Waals surface area contributed by atoms with E-state index in [4.69, 9.17) is 13.9 Å². The predicted octanol–water partition coefficient (Wildman–Crippen LogP) is 3.80. The number of carbonyl (C=O) groups excluding carboxylic acids is 2. The molecule has 0 aliphatic heterocycles. The lowest BCUT2D eigenvalue weighted by atomic mass is 10.1. The van der Waals surface area contributed by atoms with Crippen molar-refractivity contribution in [1.29, 1.82) is 0 Å². The molecule has 32 heavy (non-hydrogen) atoms. The number of carbonyl (C=O) groups is 2. The maximum Gasteiger partial charge on any atom is 0.338 e. The van der Waals surface area contributed by atoms with Gasteiger partial charge in [0.1, 0.15) is 17.3 Å². The zero-order valence-electron chi connectivity index (χ0n) is 17.2. The first kappa shape index (κ1) is 22.2. The molecular formula is C22H19N3O7. The average Bonchev–Trinajstić information content (AvgIpc) is 3.27. The molecule has 10 heteroatoms. The SMILES string of the molecule is CCOC(=O)c1cccc(-c2ccc(/C=N\NC(=O)c3cc([N+](=O)[O-])ccc3OC)o2)c1. The third-order valence-corrected chi connectivity index (χ3v) is 4.28. The van der Waals surface area contributed by atoms with Crippen LogP contribution in [0.2, 0.25) is 0 Å². The molecule has 1 N–H and O–H groups in total. The van der Waals surface area contributed by atoms with Gasteiger partial charge in [-0.2, -0.15) is 5.10 Å². The zero-order chi connectivity index (χ0) is 23.1. The molecule has 164 valence electrons. The van der Waals surface area contributed by atoms with Gasteiger partial charge in [-0.05, 0) is 37.3 Å². The zero-order valence-corrected chi connectivity index (χ0v) is 17.2. The maximum atomic E-state index is 12.4. The molecule has 0 aliphatic rings. The average molecular weight is 437 g/mol. The van der Waals surface area contributed by atoms with Crippen molar-refractivity contribution >= 4 is 23.8 Å². The molecule has 3 aromatic rings. The first-order valence-electron chi connectivity index (χ1n) is 9.46. The predicted molar refractivity (Wildman–Crippen MR) is 115 cm³/mol. The van der Waals surface area contributed by atoms with Crippen LogP contribution in [0.3, 0.4) is 0 Å². The third-order valence-electron chi connectivity index (χ3n) is 4.28. The van der Waals surface area contributed by atoms with Gasteiger partial charge in [-0.15, -0.1) is 0 Å². The summed E-state index contributed by atoms with van der Waals surface area (Å²) in [6, 6.07) is 13.8. The molecule has 0 fully saturated rings. The van der Waals surface area contributed by atoms with Crippen molar-refractivity contribution in [1.82, 2.24) is 5.43 Å². The summed E-state index contributed by atoms with van der Waals surface area (Å²) in [7, 11) is 1.35. The Kier molecular flexibility index (Phi) is 6.96. The van der Waals surface area contributed by atoms with E-state index in [0.29, 0.717) is 22.6 Å². The molecule has 0 radical (unpaired) electrons. The van der Waals surface area contributed by atoms with Gasteiger partial charge >= 0.3 is 5.97 Å². The number of hydrazone groups is 1. The van der Waals surface area contributed by atoms with Gasteiger partial charge in [-0.25, -0.2) is 10.2 Å². The number of nitrogens with zero attached hydrogens (tertiary/aromatic N) is 2. The molecule has 0 bridgehead atoms. The molecule has 10 nitrogen and oxygen atoms in total. The fourth-order valence-corrected chi connectivity index (χ4v) is 2.79. The highest BCUT2D eigenvalue weighted by atomic mass is 16.6. The number of hydrogen-bond donors (Lipinski definition) is 1. The van der Waals surface area contributed by atoms with Crippen LogP contribution in [0.15, 0.2) is 64.1 Å². The molecule has 1 amide bonds. The second-order valence-corrected chi connectivity index (χ2v) is 6.34. The molecule has 1 aromatic heterocycles. The van der Waals surface area contributed by atoms with E-state index < -0.39 is 16.8 Å². The van der Waals surface area contributed by atoms with E-state index in [0.717, 1.165) is 6.07 Å². The Morgan fingerprint density at radius 1 is 1.19 bits per heavy atom. The number of hydrogen-bond acceptors (Lipinski definition) is 8. The van der Waals surface area contributed by atoms with E-state index in [1.165, 1.54) is 25.5 Å². The van der Waals surface area contributed by atoms with Gasteiger partial charge < -0.3 is 13.9 Å².